The lowest BCUT2D eigenvalue weighted by molar-refractivity contribution is -0.137. The predicted octanol–water partition coefficient (Wildman–Crippen LogP) is 5.07. The maximum atomic E-state index is 12.8. The highest BCUT2D eigenvalue weighted by Crippen LogP contribution is 2.37. The summed E-state index contributed by atoms with van der Waals surface area (Å²) < 4.78 is 38.5. The molecule has 1 aromatic carbocycles. The molecule has 1 aliphatic heterocycles. The summed E-state index contributed by atoms with van der Waals surface area (Å²) in [6, 6.07) is 4.20. The second kappa shape index (κ2) is 6.08. The number of nitrogens with zero attached hydrogens (tertiary/aromatic N) is 1. The van der Waals surface area contributed by atoms with Crippen molar-refractivity contribution < 1.29 is 13.2 Å². The molecule has 2 rings (SSSR count). The van der Waals surface area contributed by atoms with Crippen molar-refractivity contribution in [2.75, 3.05) is 13.1 Å². The van der Waals surface area contributed by atoms with Gasteiger partial charge in [0.05, 0.1) is 10.6 Å². The van der Waals surface area contributed by atoms with Gasteiger partial charge in [0.2, 0.25) is 0 Å². The van der Waals surface area contributed by atoms with Crippen molar-refractivity contribution in [1.29, 1.82) is 0 Å². The molecule has 1 unspecified atom stereocenters. The second-order valence-corrected chi connectivity index (χ2v) is 5.42. The van der Waals surface area contributed by atoms with Crippen molar-refractivity contribution in [2.24, 2.45) is 0 Å². The van der Waals surface area contributed by atoms with Crippen molar-refractivity contribution in [3.05, 3.63) is 46.6 Å². The first-order valence-corrected chi connectivity index (χ1v) is 7.08. The number of rotatable bonds is 3. The molecule has 110 valence electrons. The predicted molar refractivity (Wildman–Crippen MR) is 74.8 cm³/mol. The zero-order valence-corrected chi connectivity index (χ0v) is 12.0. The van der Waals surface area contributed by atoms with Crippen LogP contribution in [0.5, 0.6) is 0 Å². The molecular formula is C15H17ClF3N. The molecule has 5 heteroatoms. The average molecular weight is 304 g/mol. The zero-order valence-electron chi connectivity index (χ0n) is 11.3. The molecule has 0 fully saturated rings. The fourth-order valence-corrected chi connectivity index (χ4v) is 2.67. The maximum absolute atomic E-state index is 12.8. The van der Waals surface area contributed by atoms with Gasteiger partial charge in [0, 0.05) is 19.0 Å². The Kier molecular flexibility index (Phi) is 4.63. The lowest BCUT2D eigenvalue weighted by Gasteiger charge is -2.28. The van der Waals surface area contributed by atoms with Crippen LogP contribution in [0.4, 0.5) is 13.2 Å². The van der Waals surface area contributed by atoms with Gasteiger partial charge in [0.25, 0.3) is 0 Å². The molecule has 0 aliphatic carbocycles. The molecule has 0 N–H and O–H groups in total. The average Bonchev–Trinajstić information content (AvgIpc) is 2.39. The Hall–Kier alpha value is -1.16. The number of hydrogen-bond acceptors (Lipinski definition) is 1. The highest BCUT2D eigenvalue weighted by Gasteiger charge is 2.33. The normalized spacial score (nSPS) is 19.4. The van der Waals surface area contributed by atoms with E-state index in [9.17, 15) is 13.2 Å². The van der Waals surface area contributed by atoms with E-state index in [2.05, 4.69) is 11.8 Å². The molecule has 0 radical (unpaired) electrons. The third-order valence-corrected chi connectivity index (χ3v) is 3.82. The van der Waals surface area contributed by atoms with Crippen LogP contribution in [0.25, 0.3) is 0 Å². The van der Waals surface area contributed by atoms with E-state index in [1.54, 1.807) is 6.07 Å². The molecular weight excluding hydrogens is 287 g/mol. The van der Waals surface area contributed by atoms with Crippen molar-refractivity contribution in [3.8, 4) is 0 Å². The van der Waals surface area contributed by atoms with Gasteiger partial charge in [-0.05, 0) is 36.7 Å². The van der Waals surface area contributed by atoms with Crippen molar-refractivity contribution in [2.45, 2.75) is 31.9 Å². The summed E-state index contributed by atoms with van der Waals surface area (Å²) in [7, 11) is 0. The standard InChI is InChI=1S/C15H17ClF3N/c1-2-7-20-8-5-11(6-9-20)12-3-4-14(16)13(10-12)15(17,18)19/h3-5,8,10-11H,2,6-7,9H2,1H3. The van der Waals surface area contributed by atoms with E-state index in [0.717, 1.165) is 25.9 Å². The minimum absolute atomic E-state index is 0.0291. The summed E-state index contributed by atoms with van der Waals surface area (Å²) in [6.07, 6.45) is 1.45. The first kappa shape index (κ1) is 15.2. The van der Waals surface area contributed by atoms with E-state index in [0.29, 0.717) is 5.56 Å². The quantitative estimate of drug-likeness (QED) is 0.753. The first-order chi connectivity index (χ1) is 9.41. The molecule has 0 bridgehead atoms. The minimum Gasteiger partial charge on any atom is -0.378 e. The molecule has 1 atom stereocenters. The van der Waals surface area contributed by atoms with Crippen LogP contribution in [-0.4, -0.2) is 18.0 Å². The molecule has 0 amide bonds. The van der Waals surface area contributed by atoms with E-state index < -0.39 is 11.7 Å². The fourth-order valence-electron chi connectivity index (χ4n) is 2.44. The van der Waals surface area contributed by atoms with Crippen LogP contribution in [0.3, 0.4) is 0 Å². The van der Waals surface area contributed by atoms with Crippen molar-refractivity contribution in [1.82, 2.24) is 4.90 Å². The molecule has 1 nitrogen and oxygen atoms in total. The van der Waals surface area contributed by atoms with Gasteiger partial charge in [-0.2, -0.15) is 13.2 Å². The Morgan fingerprint density at radius 2 is 2.10 bits per heavy atom. The second-order valence-electron chi connectivity index (χ2n) is 5.01. The Morgan fingerprint density at radius 1 is 1.35 bits per heavy atom. The number of halogens is 4. The first-order valence-electron chi connectivity index (χ1n) is 6.71. The highest BCUT2D eigenvalue weighted by molar-refractivity contribution is 6.31. The SMILES string of the molecule is CCCN1C=CC(c2ccc(Cl)c(C(F)(F)F)c2)CC1. The smallest absolute Gasteiger partial charge is 0.378 e. The fraction of sp³-hybridized carbons (Fsp3) is 0.467. The van der Waals surface area contributed by atoms with Crippen molar-refractivity contribution >= 4 is 11.6 Å². The number of allylic oxidation sites excluding steroid dienone is 1. The Labute approximate surface area is 122 Å². The van der Waals surface area contributed by atoms with Gasteiger partial charge >= 0.3 is 6.18 Å². The molecule has 0 saturated carbocycles. The summed E-state index contributed by atoms with van der Waals surface area (Å²) in [5, 5.41) is -0.242. The summed E-state index contributed by atoms with van der Waals surface area (Å²) in [6.45, 7) is 3.96. The highest BCUT2D eigenvalue weighted by atomic mass is 35.5. The maximum Gasteiger partial charge on any atom is 0.417 e. The van der Waals surface area contributed by atoms with E-state index in [1.807, 2.05) is 12.3 Å². The summed E-state index contributed by atoms with van der Waals surface area (Å²) in [5.74, 6) is 0.0291. The van der Waals surface area contributed by atoms with Crippen LogP contribution in [0.15, 0.2) is 30.5 Å². The van der Waals surface area contributed by atoms with Gasteiger partial charge in [0.15, 0.2) is 0 Å². The molecule has 0 saturated heterocycles. The third kappa shape index (κ3) is 3.48. The van der Waals surface area contributed by atoms with Crippen LogP contribution in [0.1, 0.15) is 36.8 Å². The zero-order chi connectivity index (χ0) is 14.8. The van der Waals surface area contributed by atoms with Gasteiger partial charge < -0.3 is 4.90 Å². The topological polar surface area (TPSA) is 3.24 Å². The van der Waals surface area contributed by atoms with Crippen LogP contribution in [0, 0.1) is 0 Å². The number of hydrogen-bond donors (Lipinski definition) is 0. The largest absolute Gasteiger partial charge is 0.417 e. The molecule has 1 aromatic rings. The third-order valence-electron chi connectivity index (χ3n) is 3.49. The molecule has 1 heterocycles. The Bertz CT molecular complexity index is 496. The molecule has 20 heavy (non-hydrogen) atoms. The summed E-state index contributed by atoms with van der Waals surface area (Å²) >= 11 is 5.64. The van der Waals surface area contributed by atoms with E-state index >= 15 is 0 Å². The van der Waals surface area contributed by atoms with E-state index in [-0.39, 0.29) is 10.9 Å². The van der Waals surface area contributed by atoms with Gasteiger partial charge in [-0.3, -0.25) is 0 Å². The van der Waals surface area contributed by atoms with Gasteiger partial charge in [0.1, 0.15) is 0 Å². The van der Waals surface area contributed by atoms with Crippen LogP contribution >= 0.6 is 11.6 Å². The minimum atomic E-state index is -4.40. The lowest BCUT2D eigenvalue weighted by Crippen LogP contribution is -2.24. The van der Waals surface area contributed by atoms with E-state index in [1.165, 1.54) is 12.1 Å². The molecule has 1 aliphatic rings. The van der Waals surface area contributed by atoms with Gasteiger partial charge in [-0.1, -0.05) is 30.7 Å². The van der Waals surface area contributed by atoms with Gasteiger partial charge in [-0.15, -0.1) is 0 Å². The molecule has 0 spiro atoms. The van der Waals surface area contributed by atoms with Crippen LogP contribution < -0.4 is 0 Å². The van der Waals surface area contributed by atoms with E-state index in [4.69, 9.17) is 11.6 Å². The lowest BCUT2D eigenvalue weighted by atomic mass is 9.92. The van der Waals surface area contributed by atoms with Gasteiger partial charge in [-0.25, -0.2) is 0 Å². The summed E-state index contributed by atoms with van der Waals surface area (Å²) in [4.78, 5) is 2.19. The molecule has 0 aromatic heterocycles. The number of benzene rings is 1. The Balaban J connectivity index is 2.21. The van der Waals surface area contributed by atoms with Crippen LogP contribution in [0.2, 0.25) is 5.02 Å². The Morgan fingerprint density at radius 3 is 2.65 bits per heavy atom. The van der Waals surface area contributed by atoms with Crippen LogP contribution in [-0.2, 0) is 6.18 Å². The number of alkyl halides is 3. The monoisotopic (exact) mass is 303 g/mol. The summed E-state index contributed by atoms with van der Waals surface area (Å²) in [5.41, 5.74) is -0.0739. The van der Waals surface area contributed by atoms with Crippen molar-refractivity contribution in [3.63, 3.8) is 0 Å².